The van der Waals surface area contributed by atoms with Crippen molar-refractivity contribution in [1.29, 1.82) is 0 Å². The molecule has 6 heteroatoms. The molecule has 3 N–H and O–H groups in total. The Morgan fingerprint density at radius 3 is 2.76 bits per heavy atom. The van der Waals surface area contributed by atoms with Crippen LogP contribution in [-0.4, -0.2) is 54.9 Å². The van der Waals surface area contributed by atoms with Gasteiger partial charge in [0.25, 0.3) is 5.91 Å². The van der Waals surface area contributed by atoms with Crippen molar-refractivity contribution in [3.8, 4) is 5.75 Å². The smallest absolute Gasteiger partial charge is 0.251 e. The highest BCUT2D eigenvalue weighted by Gasteiger charge is 2.52. The highest BCUT2D eigenvalue weighted by Crippen LogP contribution is 2.53. The maximum absolute atomic E-state index is 11.8. The van der Waals surface area contributed by atoms with Gasteiger partial charge in [0, 0.05) is 30.8 Å². The van der Waals surface area contributed by atoms with Crippen molar-refractivity contribution < 1.29 is 14.6 Å². The van der Waals surface area contributed by atoms with Crippen LogP contribution in [0.25, 0.3) is 0 Å². The van der Waals surface area contributed by atoms with Crippen LogP contribution in [0, 0.1) is 18.8 Å². The molecule has 178 valence electrons. The second-order valence-corrected chi connectivity index (χ2v) is 10.0. The topological polar surface area (TPSA) is 88.2 Å². The second kappa shape index (κ2) is 9.34. The number of aryl methyl sites for hydroxylation is 1. The molecule has 3 unspecified atom stereocenters. The van der Waals surface area contributed by atoms with Crippen molar-refractivity contribution in [1.82, 2.24) is 4.90 Å². The summed E-state index contributed by atoms with van der Waals surface area (Å²) < 4.78 is 5.62. The number of hydrogen-bond donors (Lipinski definition) is 2. The molecule has 0 aromatic heterocycles. The van der Waals surface area contributed by atoms with Gasteiger partial charge in [0.2, 0.25) is 0 Å². The number of likely N-dealkylation sites (tertiary alicyclic amines) is 1. The molecule has 3 aliphatic rings. The predicted octanol–water partition coefficient (Wildman–Crippen LogP) is 4.08. The SMILES string of the molecule is CN=C1CC2(c3cc(OC)ccc3C)CCN(CC3CC3)C(C)C2CC1=CC(=CO)C(N)=O. The van der Waals surface area contributed by atoms with E-state index in [4.69, 9.17) is 10.5 Å². The van der Waals surface area contributed by atoms with E-state index in [0.717, 1.165) is 55.0 Å². The van der Waals surface area contributed by atoms with Crippen molar-refractivity contribution in [3.05, 3.63) is 52.8 Å². The van der Waals surface area contributed by atoms with E-state index < -0.39 is 5.91 Å². The first-order valence-electron chi connectivity index (χ1n) is 12.0. The lowest BCUT2D eigenvalue weighted by atomic mass is 9.54. The number of benzene rings is 1. The highest BCUT2D eigenvalue weighted by molar-refractivity contribution is 6.05. The van der Waals surface area contributed by atoms with Gasteiger partial charge in [-0.2, -0.15) is 0 Å². The van der Waals surface area contributed by atoms with Gasteiger partial charge in [-0.05, 0) is 99.2 Å². The number of primary amides is 1. The van der Waals surface area contributed by atoms with E-state index in [1.165, 1.54) is 30.5 Å². The van der Waals surface area contributed by atoms with E-state index in [0.29, 0.717) is 12.0 Å². The molecule has 1 heterocycles. The molecule has 0 bridgehead atoms. The molecule has 3 fully saturated rings. The third-order valence-corrected chi connectivity index (χ3v) is 8.20. The summed E-state index contributed by atoms with van der Waals surface area (Å²) in [6, 6.07) is 6.80. The number of nitrogens with two attached hydrogens (primary N) is 1. The van der Waals surface area contributed by atoms with Crippen LogP contribution >= 0.6 is 0 Å². The number of fused-ring (bicyclic) bond motifs is 1. The Morgan fingerprint density at radius 2 is 2.15 bits per heavy atom. The van der Waals surface area contributed by atoms with Crippen molar-refractivity contribution in [2.75, 3.05) is 27.2 Å². The lowest BCUT2D eigenvalue weighted by molar-refractivity contribution is -0.114. The van der Waals surface area contributed by atoms with Gasteiger partial charge in [-0.15, -0.1) is 0 Å². The lowest BCUT2D eigenvalue weighted by Gasteiger charge is -2.56. The Bertz CT molecular complexity index is 1010. The molecule has 2 aliphatic carbocycles. The third kappa shape index (κ3) is 4.45. The van der Waals surface area contributed by atoms with Crippen LogP contribution in [0.4, 0.5) is 0 Å². The lowest BCUT2D eigenvalue weighted by Crippen LogP contribution is -2.58. The maximum atomic E-state index is 11.8. The highest BCUT2D eigenvalue weighted by atomic mass is 16.5. The number of carbonyl (C=O) groups is 1. The number of hydrogen-bond acceptors (Lipinski definition) is 5. The minimum Gasteiger partial charge on any atom is -0.515 e. The van der Waals surface area contributed by atoms with Gasteiger partial charge >= 0.3 is 0 Å². The Morgan fingerprint density at radius 1 is 1.39 bits per heavy atom. The Kier molecular flexibility index (Phi) is 6.66. The minimum atomic E-state index is -0.631. The monoisotopic (exact) mass is 451 g/mol. The van der Waals surface area contributed by atoms with Crippen molar-refractivity contribution in [2.45, 2.75) is 57.4 Å². The number of aliphatic imine (C=N–C) groups is 1. The molecule has 6 nitrogen and oxygen atoms in total. The van der Waals surface area contributed by atoms with Crippen LogP contribution < -0.4 is 10.5 Å². The molecule has 3 atom stereocenters. The van der Waals surface area contributed by atoms with Gasteiger partial charge in [0.1, 0.15) is 5.75 Å². The number of amides is 1. The Labute approximate surface area is 197 Å². The number of carbonyl (C=O) groups excluding carboxylic acids is 1. The fraction of sp³-hybridized carbons (Fsp3) is 0.556. The first-order chi connectivity index (χ1) is 15.8. The molecule has 1 aromatic rings. The molecule has 1 amide bonds. The van der Waals surface area contributed by atoms with E-state index in [1.54, 1.807) is 13.2 Å². The predicted molar refractivity (Wildman–Crippen MR) is 132 cm³/mol. The van der Waals surface area contributed by atoms with Crippen LogP contribution in [0.1, 0.15) is 50.2 Å². The molecule has 2 saturated carbocycles. The molecular formula is C27H37N3O3. The summed E-state index contributed by atoms with van der Waals surface area (Å²) in [6.45, 7) is 6.79. The summed E-state index contributed by atoms with van der Waals surface area (Å²) in [5, 5.41) is 9.57. The maximum Gasteiger partial charge on any atom is 0.251 e. The van der Waals surface area contributed by atoms with Gasteiger partial charge in [-0.1, -0.05) is 6.07 Å². The van der Waals surface area contributed by atoms with Crippen LogP contribution in [0.3, 0.4) is 0 Å². The summed E-state index contributed by atoms with van der Waals surface area (Å²) in [4.78, 5) is 19.1. The van der Waals surface area contributed by atoms with Gasteiger partial charge in [-0.3, -0.25) is 9.79 Å². The number of aliphatic hydroxyl groups is 1. The number of allylic oxidation sites excluding steroid dienone is 1. The summed E-state index contributed by atoms with van der Waals surface area (Å²) in [5.74, 6) is 1.43. The minimum absolute atomic E-state index is 0.0555. The normalized spacial score (nSPS) is 31.0. The number of piperidine rings is 1. The summed E-state index contributed by atoms with van der Waals surface area (Å²) >= 11 is 0. The zero-order valence-corrected chi connectivity index (χ0v) is 20.3. The molecule has 33 heavy (non-hydrogen) atoms. The van der Waals surface area contributed by atoms with Crippen LogP contribution in [0.2, 0.25) is 0 Å². The van der Waals surface area contributed by atoms with Gasteiger partial charge in [-0.25, -0.2) is 0 Å². The van der Waals surface area contributed by atoms with Crippen molar-refractivity contribution in [3.63, 3.8) is 0 Å². The molecule has 1 aliphatic heterocycles. The average Bonchev–Trinajstić information content (AvgIpc) is 3.63. The summed E-state index contributed by atoms with van der Waals surface area (Å²) in [7, 11) is 3.53. The van der Waals surface area contributed by atoms with Gasteiger partial charge in [0.15, 0.2) is 0 Å². The number of ether oxygens (including phenoxy) is 1. The van der Waals surface area contributed by atoms with E-state index in [1.807, 2.05) is 13.1 Å². The zero-order valence-electron chi connectivity index (χ0n) is 20.3. The molecule has 0 radical (unpaired) electrons. The third-order valence-electron chi connectivity index (χ3n) is 8.20. The number of rotatable bonds is 6. The standard InChI is InChI=1S/C27H37N3O3/c1-17-5-8-22(33-4)13-23(17)27-9-10-30(15-19-6-7-19)18(2)24(27)12-20(25(14-27)29-3)11-21(16-31)26(28)32/h5,8,11,13,16,18-19,24,31H,6-7,9-10,12,14-15H2,1-4H3,(H2,28,32). The van der Waals surface area contributed by atoms with Crippen LogP contribution in [0.5, 0.6) is 5.75 Å². The number of nitrogens with zero attached hydrogens (tertiary/aromatic N) is 2. The van der Waals surface area contributed by atoms with Crippen molar-refractivity contribution >= 4 is 11.6 Å². The van der Waals surface area contributed by atoms with Crippen LogP contribution in [-0.2, 0) is 10.2 Å². The molecule has 4 rings (SSSR count). The van der Waals surface area contributed by atoms with E-state index in [9.17, 15) is 9.90 Å². The second-order valence-electron chi connectivity index (χ2n) is 10.0. The molecule has 0 spiro atoms. The van der Waals surface area contributed by atoms with E-state index in [2.05, 4.69) is 35.9 Å². The summed E-state index contributed by atoms with van der Waals surface area (Å²) in [6.07, 6.45) is 7.88. The van der Waals surface area contributed by atoms with Gasteiger partial charge in [0.05, 0.1) is 18.9 Å². The quantitative estimate of drug-likeness (QED) is 0.504. The van der Waals surface area contributed by atoms with E-state index >= 15 is 0 Å². The zero-order chi connectivity index (χ0) is 23.8. The Balaban J connectivity index is 1.81. The average molecular weight is 452 g/mol. The number of aliphatic hydroxyl groups excluding tert-OH is 1. The van der Waals surface area contributed by atoms with Gasteiger partial charge < -0.3 is 20.5 Å². The molecule has 1 aromatic carbocycles. The largest absolute Gasteiger partial charge is 0.515 e. The van der Waals surface area contributed by atoms with Crippen molar-refractivity contribution in [2.24, 2.45) is 22.6 Å². The number of methoxy groups -OCH3 is 1. The van der Waals surface area contributed by atoms with Crippen LogP contribution in [0.15, 0.2) is 46.7 Å². The first-order valence-corrected chi connectivity index (χ1v) is 12.0. The molecular weight excluding hydrogens is 414 g/mol. The van der Waals surface area contributed by atoms with E-state index in [-0.39, 0.29) is 11.0 Å². The first kappa shape index (κ1) is 23.6. The molecule has 1 saturated heterocycles. The Hall–Kier alpha value is -2.60. The fourth-order valence-electron chi connectivity index (χ4n) is 6.11. The fourth-order valence-corrected chi connectivity index (χ4v) is 6.11. The summed E-state index contributed by atoms with van der Waals surface area (Å²) in [5.41, 5.74) is 10.2.